The summed E-state index contributed by atoms with van der Waals surface area (Å²) in [5, 5.41) is 8.36. The molecule has 0 saturated carbocycles. The summed E-state index contributed by atoms with van der Waals surface area (Å²) >= 11 is 0. The third-order valence-corrected chi connectivity index (χ3v) is 3.78. The van der Waals surface area contributed by atoms with E-state index in [1.807, 2.05) is 14.0 Å². The molecule has 17 heavy (non-hydrogen) atoms. The zero-order valence-corrected chi connectivity index (χ0v) is 10.9. The van der Waals surface area contributed by atoms with Crippen LogP contribution in [0.15, 0.2) is 0 Å². The van der Waals surface area contributed by atoms with E-state index in [0.717, 1.165) is 37.7 Å². The topological polar surface area (TPSA) is 60.0 Å². The quantitative estimate of drug-likeness (QED) is 0.842. The Morgan fingerprint density at radius 1 is 1.35 bits per heavy atom. The van der Waals surface area contributed by atoms with Crippen molar-refractivity contribution in [3.63, 3.8) is 0 Å². The van der Waals surface area contributed by atoms with E-state index in [1.165, 1.54) is 19.3 Å². The highest BCUT2D eigenvalue weighted by Gasteiger charge is 2.23. The zero-order chi connectivity index (χ0) is 12.3. The van der Waals surface area contributed by atoms with Gasteiger partial charge in [-0.05, 0) is 39.3 Å². The van der Waals surface area contributed by atoms with Crippen molar-refractivity contribution in [3.05, 3.63) is 11.6 Å². The number of nitrogens with zero attached hydrogens (tertiary/aromatic N) is 4. The van der Waals surface area contributed by atoms with Crippen molar-refractivity contribution in [2.24, 2.45) is 12.8 Å². The molecule has 1 aromatic heterocycles. The van der Waals surface area contributed by atoms with Crippen molar-refractivity contribution < 1.29 is 0 Å². The van der Waals surface area contributed by atoms with Gasteiger partial charge < -0.3 is 10.3 Å². The number of hydrogen-bond donors (Lipinski definition) is 1. The minimum atomic E-state index is 0.630. The molecule has 1 aliphatic rings. The third kappa shape index (κ3) is 2.84. The Hall–Kier alpha value is -0.940. The van der Waals surface area contributed by atoms with Crippen molar-refractivity contribution >= 4 is 0 Å². The lowest BCUT2D eigenvalue weighted by Gasteiger charge is -2.35. The largest absolute Gasteiger partial charge is 0.330 e. The summed E-state index contributed by atoms with van der Waals surface area (Å²) in [6.07, 6.45) is 4.99. The molecule has 1 aromatic rings. The number of nitrogens with two attached hydrogens (primary N) is 1. The minimum absolute atomic E-state index is 0.630. The summed E-state index contributed by atoms with van der Waals surface area (Å²) in [7, 11) is 2.03. The molecule has 1 saturated heterocycles. The van der Waals surface area contributed by atoms with Crippen LogP contribution in [0.2, 0.25) is 0 Å². The molecule has 0 amide bonds. The van der Waals surface area contributed by atoms with Crippen LogP contribution in [0.1, 0.15) is 37.3 Å². The monoisotopic (exact) mass is 237 g/mol. The number of likely N-dealkylation sites (tertiary alicyclic amines) is 1. The maximum atomic E-state index is 5.69. The Morgan fingerprint density at radius 2 is 2.18 bits per heavy atom. The Balaban J connectivity index is 2.02. The lowest BCUT2D eigenvalue weighted by atomic mass is 9.99. The van der Waals surface area contributed by atoms with Gasteiger partial charge in [-0.2, -0.15) is 0 Å². The SMILES string of the molecule is Cc1nnc(CN2CCCCC2CCN)n1C. The normalized spacial score (nSPS) is 21.9. The van der Waals surface area contributed by atoms with Gasteiger partial charge in [0.15, 0.2) is 0 Å². The second kappa shape index (κ2) is 5.60. The van der Waals surface area contributed by atoms with Crippen LogP contribution in [-0.4, -0.2) is 38.8 Å². The fraction of sp³-hybridized carbons (Fsp3) is 0.833. The van der Waals surface area contributed by atoms with Gasteiger partial charge in [-0.1, -0.05) is 6.42 Å². The Morgan fingerprint density at radius 3 is 2.82 bits per heavy atom. The number of piperidine rings is 1. The van der Waals surface area contributed by atoms with Crippen LogP contribution in [0.5, 0.6) is 0 Å². The number of rotatable bonds is 4. The molecule has 1 aliphatic heterocycles. The van der Waals surface area contributed by atoms with Crippen molar-refractivity contribution in [1.29, 1.82) is 0 Å². The number of aryl methyl sites for hydroxylation is 1. The molecule has 2 N–H and O–H groups in total. The Kier molecular flexibility index (Phi) is 4.12. The molecule has 2 heterocycles. The van der Waals surface area contributed by atoms with Crippen LogP contribution in [0.25, 0.3) is 0 Å². The molecule has 1 fully saturated rings. The van der Waals surface area contributed by atoms with Crippen LogP contribution in [-0.2, 0) is 13.6 Å². The average Bonchev–Trinajstić information content (AvgIpc) is 2.64. The third-order valence-electron chi connectivity index (χ3n) is 3.78. The first-order valence-corrected chi connectivity index (χ1v) is 6.51. The van der Waals surface area contributed by atoms with Crippen molar-refractivity contribution in [2.75, 3.05) is 13.1 Å². The van der Waals surface area contributed by atoms with E-state index in [1.54, 1.807) is 0 Å². The molecular weight excluding hydrogens is 214 g/mol. The Labute approximate surface area is 103 Å². The predicted molar refractivity (Wildman–Crippen MR) is 67.5 cm³/mol. The van der Waals surface area contributed by atoms with Crippen LogP contribution >= 0.6 is 0 Å². The molecule has 96 valence electrons. The molecule has 0 aromatic carbocycles. The summed E-state index contributed by atoms with van der Waals surface area (Å²) in [6, 6.07) is 0.630. The fourth-order valence-corrected chi connectivity index (χ4v) is 2.56. The lowest BCUT2D eigenvalue weighted by Crippen LogP contribution is -2.40. The van der Waals surface area contributed by atoms with Gasteiger partial charge in [0.25, 0.3) is 0 Å². The van der Waals surface area contributed by atoms with Gasteiger partial charge in [-0.15, -0.1) is 10.2 Å². The summed E-state index contributed by atoms with van der Waals surface area (Å²) in [4.78, 5) is 2.51. The van der Waals surface area contributed by atoms with Crippen LogP contribution < -0.4 is 5.73 Å². The number of hydrogen-bond acceptors (Lipinski definition) is 4. The van der Waals surface area contributed by atoms with Gasteiger partial charge in [0.2, 0.25) is 0 Å². The number of aromatic nitrogens is 3. The minimum Gasteiger partial charge on any atom is -0.330 e. The second-order valence-electron chi connectivity index (χ2n) is 4.92. The fourth-order valence-electron chi connectivity index (χ4n) is 2.56. The summed E-state index contributed by atoms with van der Waals surface area (Å²) in [5.74, 6) is 2.04. The molecule has 0 aliphatic carbocycles. The van der Waals surface area contributed by atoms with Crippen molar-refractivity contribution in [3.8, 4) is 0 Å². The van der Waals surface area contributed by atoms with Crippen molar-refractivity contribution in [1.82, 2.24) is 19.7 Å². The molecule has 0 bridgehead atoms. The molecular formula is C12H23N5. The highest BCUT2D eigenvalue weighted by atomic mass is 15.3. The van der Waals surface area contributed by atoms with E-state index in [2.05, 4.69) is 19.7 Å². The van der Waals surface area contributed by atoms with E-state index >= 15 is 0 Å². The lowest BCUT2D eigenvalue weighted by molar-refractivity contribution is 0.129. The van der Waals surface area contributed by atoms with Gasteiger partial charge in [0, 0.05) is 13.1 Å². The first-order chi connectivity index (χ1) is 8.22. The summed E-state index contributed by atoms with van der Waals surface area (Å²) < 4.78 is 2.08. The standard InChI is InChI=1S/C12H23N5/c1-10-14-15-12(16(10)2)9-17-8-4-3-5-11(17)6-7-13/h11H,3-9,13H2,1-2H3. The molecule has 2 rings (SSSR count). The smallest absolute Gasteiger partial charge is 0.146 e. The zero-order valence-electron chi connectivity index (χ0n) is 10.9. The molecule has 5 nitrogen and oxygen atoms in total. The van der Waals surface area contributed by atoms with Gasteiger partial charge in [0.1, 0.15) is 11.6 Å². The average molecular weight is 237 g/mol. The van der Waals surface area contributed by atoms with E-state index in [0.29, 0.717) is 6.04 Å². The molecule has 5 heteroatoms. The highest BCUT2D eigenvalue weighted by Crippen LogP contribution is 2.21. The first kappa shape index (κ1) is 12.5. The summed E-state index contributed by atoms with van der Waals surface area (Å²) in [6.45, 7) is 4.83. The van der Waals surface area contributed by atoms with Crippen LogP contribution in [0, 0.1) is 6.92 Å². The maximum absolute atomic E-state index is 5.69. The molecule has 1 atom stereocenters. The van der Waals surface area contributed by atoms with Crippen LogP contribution in [0.3, 0.4) is 0 Å². The predicted octanol–water partition coefficient (Wildman–Crippen LogP) is 0.827. The van der Waals surface area contributed by atoms with Crippen LogP contribution in [0.4, 0.5) is 0 Å². The molecule has 0 radical (unpaired) electrons. The van der Waals surface area contributed by atoms with Gasteiger partial charge in [-0.25, -0.2) is 0 Å². The molecule has 1 unspecified atom stereocenters. The van der Waals surface area contributed by atoms with Gasteiger partial charge >= 0.3 is 0 Å². The van der Waals surface area contributed by atoms with Gasteiger partial charge in [-0.3, -0.25) is 4.90 Å². The highest BCUT2D eigenvalue weighted by molar-refractivity contribution is 4.94. The van der Waals surface area contributed by atoms with Crippen molar-refractivity contribution in [2.45, 2.75) is 45.2 Å². The summed E-state index contributed by atoms with van der Waals surface area (Å²) in [5.41, 5.74) is 5.69. The maximum Gasteiger partial charge on any atom is 0.146 e. The van der Waals surface area contributed by atoms with E-state index in [-0.39, 0.29) is 0 Å². The molecule has 0 spiro atoms. The Bertz CT molecular complexity index is 358. The second-order valence-corrected chi connectivity index (χ2v) is 4.92. The van der Waals surface area contributed by atoms with E-state index < -0.39 is 0 Å². The van der Waals surface area contributed by atoms with E-state index in [4.69, 9.17) is 5.73 Å². The van der Waals surface area contributed by atoms with Gasteiger partial charge in [0.05, 0.1) is 6.54 Å². The first-order valence-electron chi connectivity index (χ1n) is 6.51. The van der Waals surface area contributed by atoms with E-state index in [9.17, 15) is 0 Å².